The Balaban J connectivity index is 1.82. The average molecular weight is 344 g/mol. The molecule has 0 fully saturated rings. The van der Waals surface area contributed by atoms with Crippen LogP contribution in [0.3, 0.4) is 0 Å². The molecule has 24 heavy (non-hydrogen) atoms. The summed E-state index contributed by atoms with van der Waals surface area (Å²) in [5, 5.41) is 24.2. The van der Waals surface area contributed by atoms with E-state index in [1.54, 1.807) is 28.6 Å². The topological polar surface area (TPSA) is 91.7 Å². The number of non-ortho nitro benzene ring substituents is 1. The number of aromatic nitrogens is 5. The van der Waals surface area contributed by atoms with Crippen molar-refractivity contribution in [3.8, 4) is 11.4 Å². The van der Waals surface area contributed by atoms with Gasteiger partial charge in [0, 0.05) is 48.8 Å². The lowest BCUT2D eigenvalue weighted by molar-refractivity contribution is -0.384. The van der Waals surface area contributed by atoms with Gasteiger partial charge in [-0.1, -0.05) is 11.8 Å². The molecule has 2 aromatic heterocycles. The van der Waals surface area contributed by atoms with Gasteiger partial charge in [-0.25, -0.2) is 0 Å². The Morgan fingerprint density at radius 1 is 1.25 bits per heavy atom. The summed E-state index contributed by atoms with van der Waals surface area (Å²) in [6.07, 6.45) is 3.80. The molecule has 1 aromatic carbocycles. The highest BCUT2D eigenvalue weighted by Gasteiger charge is 2.14. The zero-order valence-corrected chi connectivity index (χ0v) is 14.1. The molecule has 0 aliphatic carbocycles. The normalized spacial score (nSPS) is 10.9. The van der Waals surface area contributed by atoms with E-state index in [1.165, 1.54) is 12.1 Å². The molecule has 0 radical (unpaired) electrons. The van der Waals surface area contributed by atoms with Crippen LogP contribution in [0, 0.1) is 10.1 Å². The smallest absolute Gasteiger partial charge is 0.269 e. The van der Waals surface area contributed by atoms with Crippen LogP contribution in [0.5, 0.6) is 0 Å². The highest BCUT2D eigenvalue weighted by molar-refractivity contribution is 7.98. The van der Waals surface area contributed by atoms with E-state index >= 15 is 0 Å². The molecule has 124 valence electrons. The molecule has 9 heteroatoms. The average Bonchev–Trinajstić information content (AvgIpc) is 3.18. The third-order valence-electron chi connectivity index (χ3n) is 3.50. The second-order valence-electron chi connectivity index (χ2n) is 5.17. The van der Waals surface area contributed by atoms with Gasteiger partial charge in [-0.3, -0.25) is 14.8 Å². The number of thioether (sulfide) groups is 1. The summed E-state index contributed by atoms with van der Waals surface area (Å²) in [4.78, 5) is 10.3. The molecular weight excluding hydrogens is 328 g/mol. The summed E-state index contributed by atoms with van der Waals surface area (Å²) >= 11 is 1.59. The Kier molecular flexibility index (Phi) is 4.61. The van der Waals surface area contributed by atoms with E-state index in [4.69, 9.17) is 0 Å². The number of nitro groups is 1. The van der Waals surface area contributed by atoms with Crippen LogP contribution in [-0.4, -0.2) is 29.5 Å². The Morgan fingerprint density at radius 2 is 2.00 bits per heavy atom. The lowest BCUT2D eigenvalue weighted by atomic mass is 10.2. The molecule has 8 nitrogen and oxygen atoms in total. The predicted molar refractivity (Wildman–Crippen MR) is 90.6 cm³/mol. The largest absolute Gasteiger partial charge is 0.302 e. The van der Waals surface area contributed by atoms with Gasteiger partial charge in [-0.2, -0.15) is 5.10 Å². The van der Waals surface area contributed by atoms with Crippen molar-refractivity contribution >= 4 is 17.4 Å². The van der Waals surface area contributed by atoms with Crippen molar-refractivity contribution in [3.63, 3.8) is 0 Å². The molecule has 0 atom stereocenters. The van der Waals surface area contributed by atoms with Crippen molar-refractivity contribution in [3.05, 3.63) is 52.3 Å². The maximum Gasteiger partial charge on any atom is 0.269 e. The number of benzene rings is 1. The predicted octanol–water partition coefficient (Wildman–Crippen LogP) is 2.90. The molecule has 0 bridgehead atoms. The van der Waals surface area contributed by atoms with Gasteiger partial charge in [0.15, 0.2) is 11.0 Å². The summed E-state index contributed by atoms with van der Waals surface area (Å²) < 4.78 is 3.77. The third kappa shape index (κ3) is 3.30. The summed E-state index contributed by atoms with van der Waals surface area (Å²) in [6.45, 7) is 2.74. The number of hydrogen-bond donors (Lipinski definition) is 0. The SMILES string of the molecule is CCn1c(SCc2cnn(C)c2)nnc1-c1ccc([N+](=O)[O-])cc1. The molecule has 0 spiro atoms. The Hall–Kier alpha value is -2.68. The van der Waals surface area contributed by atoms with Crippen molar-refractivity contribution in [1.82, 2.24) is 24.5 Å². The lowest BCUT2D eigenvalue weighted by Gasteiger charge is -2.06. The lowest BCUT2D eigenvalue weighted by Crippen LogP contribution is -2.00. The van der Waals surface area contributed by atoms with Crippen molar-refractivity contribution in [2.24, 2.45) is 7.05 Å². The molecule has 0 amide bonds. The van der Waals surface area contributed by atoms with Gasteiger partial charge in [0.1, 0.15) is 0 Å². The van der Waals surface area contributed by atoms with Crippen LogP contribution >= 0.6 is 11.8 Å². The van der Waals surface area contributed by atoms with Crippen LogP contribution in [0.1, 0.15) is 12.5 Å². The Labute approximate surface area is 142 Å². The fourth-order valence-electron chi connectivity index (χ4n) is 2.32. The first kappa shape index (κ1) is 16.2. The van der Waals surface area contributed by atoms with Gasteiger partial charge in [0.2, 0.25) is 0 Å². The van der Waals surface area contributed by atoms with E-state index in [0.717, 1.165) is 22.0 Å². The molecule has 0 saturated carbocycles. The van der Waals surface area contributed by atoms with E-state index < -0.39 is 4.92 Å². The van der Waals surface area contributed by atoms with Gasteiger partial charge < -0.3 is 4.57 Å². The molecular formula is C15H16N6O2S. The van der Waals surface area contributed by atoms with Gasteiger partial charge in [0.05, 0.1) is 11.1 Å². The molecule has 0 aliphatic rings. The maximum atomic E-state index is 10.8. The molecule has 3 aromatic rings. The number of nitro benzene ring substituents is 1. The van der Waals surface area contributed by atoms with Crippen LogP contribution < -0.4 is 0 Å². The first-order valence-corrected chi connectivity index (χ1v) is 8.35. The zero-order chi connectivity index (χ0) is 17.1. The van der Waals surface area contributed by atoms with Crippen molar-refractivity contribution < 1.29 is 4.92 Å². The summed E-state index contributed by atoms with van der Waals surface area (Å²) in [5.41, 5.74) is 1.99. The van der Waals surface area contributed by atoms with Crippen LogP contribution in [0.2, 0.25) is 0 Å². The first-order chi connectivity index (χ1) is 11.6. The second kappa shape index (κ2) is 6.83. The highest BCUT2D eigenvalue weighted by atomic mass is 32.2. The molecule has 0 saturated heterocycles. The monoisotopic (exact) mass is 344 g/mol. The maximum absolute atomic E-state index is 10.8. The standard InChI is InChI=1S/C15H16N6O2S/c1-3-20-14(12-4-6-13(7-5-12)21(22)23)17-18-15(20)24-10-11-8-16-19(2)9-11/h4-9H,3,10H2,1-2H3. The van der Waals surface area contributed by atoms with Gasteiger partial charge in [-0.15, -0.1) is 10.2 Å². The minimum atomic E-state index is -0.413. The van der Waals surface area contributed by atoms with Crippen LogP contribution in [0.4, 0.5) is 5.69 Å². The molecule has 2 heterocycles. The van der Waals surface area contributed by atoms with E-state index in [2.05, 4.69) is 15.3 Å². The fraction of sp³-hybridized carbons (Fsp3) is 0.267. The van der Waals surface area contributed by atoms with E-state index in [1.807, 2.05) is 30.9 Å². The second-order valence-corrected chi connectivity index (χ2v) is 6.11. The van der Waals surface area contributed by atoms with E-state index in [9.17, 15) is 10.1 Å². The van der Waals surface area contributed by atoms with E-state index in [-0.39, 0.29) is 5.69 Å². The summed E-state index contributed by atoms with van der Waals surface area (Å²) in [5.74, 6) is 1.47. The molecule has 3 rings (SSSR count). The third-order valence-corrected chi connectivity index (χ3v) is 4.53. The number of rotatable bonds is 6. The highest BCUT2D eigenvalue weighted by Crippen LogP contribution is 2.27. The Morgan fingerprint density at radius 3 is 2.58 bits per heavy atom. The van der Waals surface area contributed by atoms with Gasteiger partial charge in [-0.05, 0) is 19.1 Å². The molecule has 0 unspecified atom stereocenters. The van der Waals surface area contributed by atoms with Crippen molar-refractivity contribution in [2.75, 3.05) is 0 Å². The van der Waals surface area contributed by atoms with Crippen molar-refractivity contribution in [2.45, 2.75) is 24.4 Å². The number of hydrogen-bond acceptors (Lipinski definition) is 6. The van der Waals surface area contributed by atoms with Crippen LogP contribution in [-0.2, 0) is 19.3 Å². The Bertz CT molecular complexity index is 855. The van der Waals surface area contributed by atoms with Gasteiger partial charge >= 0.3 is 0 Å². The minimum absolute atomic E-state index is 0.0625. The summed E-state index contributed by atoms with van der Waals surface area (Å²) in [6, 6.07) is 6.35. The van der Waals surface area contributed by atoms with E-state index in [0.29, 0.717) is 12.4 Å². The van der Waals surface area contributed by atoms with Crippen LogP contribution in [0.25, 0.3) is 11.4 Å². The van der Waals surface area contributed by atoms with Gasteiger partial charge in [0.25, 0.3) is 5.69 Å². The first-order valence-electron chi connectivity index (χ1n) is 7.37. The number of nitrogens with zero attached hydrogens (tertiary/aromatic N) is 6. The van der Waals surface area contributed by atoms with Crippen molar-refractivity contribution in [1.29, 1.82) is 0 Å². The van der Waals surface area contributed by atoms with Crippen LogP contribution in [0.15, 0.2) is 41.8 Å². The molecule has 0 aliphatic heterocycles. The number of aryl methyl sites for hydroxylation is 1. The molecule has 0 N–H and O–H groups in total. The zero-order valence-electron chi connectivity index (χ0n) is 13.3. The quantitative estimate of drug-likeness (QED) is 0.388. The fourth-order valence-corrected chi connectivity index (χ4v) is 3.24. The summed E-state index contributed by atoms with van der Waals surface area (Å²) in [7, 11) is 1.88. The minimum Gasteiger partial charge on any atom is -0.302 e.